The van der Waals surface area contributed by atoms with E-state index in [1.807, 2.05) is 12.1 Å². The van der Waals surface area contributed by atoms with Crippen molar-refractivity contribution in [2.24, 2.45) is 0 Å². The van der Waals surface area contributed by atoms with Gasteiger partial charge in [0.25, 0.3) is 5.69 Å². The molecule has 0 fully saturated rings. The Labute approximate surface area is 122 Å². The van der Waals surface area contributed by atoms with Gasteiger partial charge in [0.15, 0.2) is 0 Å². The van der Waals surface area contributed by atoms with E-state index >= 15 is 0 Å². The van der Waals surface area contributed by atoms with Crippen LogP contribution in [0.1, 0.15) is 38.7 Å². The first-order valence-corrected chi connectivity index (χ1v) is 7.54. The van der Waals surface area contributed by atoms with Crippen LogP contribution in [0.15, 0.2) is 22.7 Å². The molecular formula is C14H21BrN2O2. The van der Waals surface area contributed by atoms with Crippen LogP contribution in [0.5, 0.6) is 0 Å². The van der Waals surface area contributed by atoms with Gasteiger partial charge in [0.1, 0.15) is 0 Å². The summed E-state index contributed by atoms with van der Waals surface area (Å²) in [4.78, 5) is 10.7. The highest BCUT2D eigenvalue weighted by Gasteiger charge is 2.15. The van der Waals surface area contributed by atoms with Gasteiger partial charge in [0, 0.05) is 22.1 Å². The number of nitro benzene ring substituents is 1. The number of hydrogen-bond donors (Lipinski definition) is 1. The first-order valence-electron chi connectivity index (χ1n) is 6.74. The Morgan fingerprint density at radius 3 is 2.74 bits per heavy atom. The fraction of sp³-hybridized carbons (Fsp3) is 0.571. The molecule has 0 amide bonds. The van der Waals surface area contributed by atoms with Crippen molar-refractivity contribution in [1.29, 1.82) is 0 Å². The minimum absolute atomic E-state index is 0.208. The Kier molecular flexibility index (Phi) is 7.02. The summed E-state index contributed by atoms with van der Waals surface area (Å²) >= 11 is 3.28. The minimum atomic E-state index is -0.305. The van der Waals surface area contributed by atoms with E-state index in [2.05, 4.69) is 35.1 Å². The molecule has 5 heteroatoms. The van der Waals surface area contributed by atoms with E-state index in [0.29, 0.717) is 6.04 Å². The van der Waals surface area contributed by atoms with Gasteiger partial charge in [-0.3, -0.25) is 10.1 Å². The van der Waals surface area contributed by atoms with Crippen LogP contribution in [0.2, 0.25) is 0 Å². The van der Waals surface area contributed by atoms with E-state index in [1.54, 1.807) is 6.07 Å². The maximum Gasteiger partial charge on any atom is 0.273 e. The van der Waals surface area contributed by atoms with Crippen LogP contribution in [0, 0.1) is 10.1 Å². The topological polar surface area (TPSA) is 55.2 Å². The van der Waals surface area contributed by atoms with E-state index in [0.717, 1.165) is 42.3 Å². The lowest BCUT2D eigenvalue weighted by molar-refractivity contribution is -0.385. The van der Waals surface area contributed by atoms with Crippen LogP contribution in [0.4, 0.5) is 5.69 Å². The highest BCUT2D eigenvalue weighted by molar-refractivity contribution is 9.10. The second-order valence-corrected chi connectivity index (χ2v) is 5.54. The second kappa shape index (κ2) is 8.27. The highest BCUT2D eigenvalue weighted by atomic mass is 79.9. The van der Waals surface area contributed by atoms with E-state index in [1.165, 1.54) is 0 Å². The molecular weight excluding hydrogens is 308 g/mol. The lowest BCUT2D eigenvalue weighted by Gasteiger charge is -2.16. The summed E-state index contributed by atoms with van der Waals surface area (Å²) in [6.07, 6.45) is 3.82. The number of nitrogens with one attached hydrogen (secondary N) is 1. The summed E-state index contributed by atoms with van der Waals surface area (Å²) in [6, 6.07) is 5.72. The van der Waals surface area contributed by atoms with Crippen molar-refractivity contribution < 1.29 is 4.92 Å². The monoisotopic (exact) mass is 328 g/mol. The molecule has 4 nitrogen and oxygen atoms in total. The van der Waals surface area contributed by atoms with E-state index < -0.39 is 0 Å². The van der Waals surface area contributed by atoms with Gasteiger partial charge in [-0.2, -0.15) is 0 Å². The molecule has 1 aromatic rings. The molecule has 0 bridgehead atoms. The van der Waals surface area contributed by atoms with Crippen LogP contribution in [0.25, 0.3) is 0 Å². The number of benzene rings is 1. The van der Waals surface area contributed by atoms with Crippen molar-refractivity contribution in [1.82, 2.24) is 5.32 Å². The molecule has 1 atom stereocenters. The number of hydrogen-bond acceptors (Lipinski definition) is 3. The Hall–Kier alpha value is -0.940. The van der Waals surface area contributed by atoms with E-state index in [9.17, 15) is 10.1 Å². The smallest absolute Gasteiger partial charge is 0.273 e. The van der Waals surface area contributed by atoms with Gasteiger partial charge in [-0.1, -0.05) is 35.8 Å². The third-order valence-electron chi connectivity index (χ3n) is 3.18. The van der Waals surface area contributed by atoms with Crippen molar-refractivity contribution in [3.05, 3.63) is 38.3 Å². The predicted molar refractivity (Wildman–Crippen MR) is 81.5 cm³/mol. The van der Waals surface area contributed by atoms with Gasteiger partial charge in [-0.25, -0.2) is 0 Å². The Morgan fingerprint density at radius 1 is 1.42 bits per heavy atom. The molecule has 0 aromatic heterocycles. The van der Waals surface area contributed by atoms with E-state index in [-0.39, 0.29) is 10.6 Å². The number of halogens is 1. The third-order valence-corrected chi connectivity index (χ3v) is 3.68. The van der Waals surface area contributed by atoms with Crippen molar-refractivity contribution in [2.45, 2.75) is 45.6 Å². The third kappa shape index (κ3) is 5.28. The van der Waals surface area contributed by atoms with Crippen LogP contribution < -0.4 is 5.32 Å². The quantitative estimate of drug-likeness (QED) is 0.578. The van der Waals surface area contributed by atoms with Gasteiger partial charge >= 0.3 is 0 Å². The fourth-order valence-electron chi connectivity index (χ4n) is 2.05. The summed E-state index contributed by atoms with van der Waals surface area (Å²) in [5.74, 6) is 0. The normalized spacial score (nSPS) is 12.4. The summed E-state index contributed by atoms with van der Waals surface area (Å²) in [5, 5.41) is 14.5. The Bertz CT molecular complexity index is 424. The molecule has 0 aliphatic rings. The molecule has 1 unspecified atom stereocenters. The van der Waals surface area contributed by atoms with Crippen molar-refractivity contribution in [2.75, 3.05) is 6.54 Å². The maximum atomic E-state index is 11.0. The van der Waals surface area contributed by atoms with Crippen LogP contribution in [-0.4, -0.2) is 17.5 Å². The summed E-state index contributed by atoms with van der Waals surface area (Å²) < 4.78 is 0.749. The second-order valence-electron chi connectivity index (χ2n) is 4.63. The maximum absolute atomic E-state index is 11.0. The highest BCUT2D eigenvalue weighted by Crippen LogP contribution is 2.25. The van der Waals surface area contributed by atoms with Crippen molar-refractivity contribution in [3.8, 4) is 0 Å². The minimum Gasteiger partial charge on any atom is -0.314 e. The van der Waals surface area contributed by atoms with E-state index in [4.69, 9.17) is 0 Å². The first kappa shape index (κ1) is 16.1. The zero-order valence-electron chi connectivity index (χ0n) is 11.5. The van der Waals surface area contributed by atoms with Crippen molar-refractivity contribution >= 4 is 21.6 Å². The average Bonchev–Trinajstić information content (AvgIpc) is 2.40. The van der Waals surface area contributed by atoms with Crippen LogP contribution in [0.3, 0.4) is 0 Å². The molecule has 0 heterocycles. The summed E-state index contributed by atoms with van der Waals surface area (Å²) in [6.45, 7) is 5.28. The number of aryl methyl sites for hydroxylation is 1. The fourth-order valence-corrected chi connectivity index (χ4v) is 2.40. The number of nitro groups is 1. The Morgan fingerprint density at radius 2 is 2.16 bits per heavy atom. The van der Waals surface area contributed by atoms with Gasteiger partial charge in [0.05, 0.1) is 4.92 Å². The molecule has 0 aliphatic heterocycles. The van der Waals surface area contributed by atoms with Crippen LogP contribution in [-0.2, 0) is 6.42 Å². The number of rotatable bonds is 8. The first-order chi connectivity index (χ1) is 9.08. The average molecular weight is 329 g/mol. The summed E-state index contributed by atoms with van der Waals surface area (Å²) in [5.41, 5.74) is 1.02. The standard InChI is InChI=1S/C14H21BrN2O2/c1-3-9-16-13(4-2)8-6-11-5-7-12(15)10-14(11)17(18)19/h5,7,10,13,16H,3-4,6,8-9H2,1-2H3. The molecule has 1 rings (SSSR count). The van der Waals surface area contributed by atoms with Gasteiger partial charge < -0.3 is 5.32 Å². The zero-order chi connectivity index (χ0) is 14.3. The molecule has 0 saturated carbocycles. The largest absolute Gasteiger partial charge is 0.314 e. The van der Waals surface area contributed by atoms with Gasteiger partial charge in [-0.05, 0) is 38.3 Å². The molecule has 0 aliphatic carbocycles. The molecule has 19 heavy (non-hydrogen) atoms. The zero-order valence-corrected chi connectivity index (χ0v) is 13.1. The van der Waals surface area contributed by atoms with Crippen molar-refractivity contribution in [3.63, 3.8) is 0 Å². The molecule has 106 valence electrons. The molecule has 1 aromatic carbocycles. The summed E-state index contributed by atoms with van der Waals surface area (Å²) in [7, 11) is 0. The van der Waals surface area contributed by atoms with Crippen LogP contribution >= 0.6 is 15.9 Å². The molecule has 0 radical (unpaired) electrons. The van der Waals surface area contributed by atoms with Gasteiger partial charge in [0.2, 0.25) is 0 Å². The number of nitrogens with zero attached hydrogens (tertiary/aromatic N) is 1. The lowest BCUT2D eigenvalue weighted by atomic mass is 10.0. The lowest BCUT2D eigenvalue weighted by Crippen LogP contribution is -2.29. The molecule has 0 saturated heterocycles. The molecule has 1 N–H and O–H groups in total. The Balaban J connectivity index is 2.68. The van der Waals surface area contributed by atoms with Gasteiger partial charge in [-0.15, -0.1) is 0 Å². The SMILES string of the molecule is CCCNC(CC)CCc1ccc(Br)cc1[N+](=O)[O-]. The molecule has 0 spiro atoms. The predicted octanol–water partition coefficient (Wildman–Crippen LogP) is 4.07.